The first-order chi connectivity index (χ1) is 7.65. The third-order valence-corrected chi connectivity index (χ3v) is 3.74. The molecule has 16 heavy (non-hydrogen) atoms. The van der Waals surface area contributed by atoms with Crippen LogP contribution in [0.5, 0.6) is 0 Å². The summed E-state index contributed by atoms with van der Waals surface area (Å²) in [7, 11) is 0. The van der Waals surface area contributed by atoms with Gasteiger partial charge in [-0.05, 0) is 32.7 Å². The Bertz CT molecular complexity index is 257. The number of hydrogen-bond donors (Lipinski definition) is 2. The molecule has 4 nitrogen and oxygen atoms in total. The van der Waals surface area contributed by atoms with Gasteiger partial charge in [-0.2, -0.15) is 0 Å². The Morgan fingerprint density at radius 1 is 1.44 bits per heavy atom. The van der Waals surface area contributed by atoms with E-state index >= 15 is 0 Å². The van der Waals surface area contributed by atoms with Gasteiger partial charge in [0.2, 0.25) is 5.91 Å². The summed E-state index contributed by atoms with van der Waals surface area (Å²) >= 11 is 0. The predicted molar refractivity (Wildman–Crippen MR) is 64.3 cm³/mol. The van der Waals surface area contributed by atoms with Crippen LogP contribution in [0.15, 0.2) is 0 Å². The van der Waals surface area contributed by atoms with Crippen molar-refractivity contribution < 1.29 is 4.79 Å². The maximum atomic E-state index is 11.0. The molecular weight excluding hydrogens is 202 g/mol. The smallest absolute Gasteiger partial charge is 0.217 e. The van der Waals surface area contributed by atoms with Gasteiger partial charge in [-0.25, -0.2) is 0 Å². The molecule has 2 aliphatic rings. The molecule has 4 heteroatoms. The van der Waals surface area contributed by atoms with Crippen LogP contribution < -0.4 is 10.6 Å². The zero-order valence-electron chi connectivity index (χ0n) is 10.3. The molecule has 2 fully saturated rings. The molecule has 0 spiro atoms. The molecule has 3 atom stereocenters. The van der Waals surface area contributed by atoms with Crippen molar-refractivity contribution in [2.45, 2.75) is 51.2 Å². The zero-order valence-corrected chi connectivity index (χ0v) is 10.3. The third-order valence-electron chi connectivity index (χ3n) is 3.74. The second kappa shape index (κ2) is 5.15. The Hall–Kier alpha value is -0.610. The number of amides is 1. The van der Waals surface area contributed by atoms with Gasteiger partial charge in [0, 0.05) is 38.1 Å². The van der Waals surface area contributed by atoms with E-state index in [1.165, 1.54) is 12.8 Å². The summed E-state index contributed by atoms with van der Waals surface area (Å²) in [5.74, 6) is 0.102. The molecule has 0 radical (unpaired) electrons. The molecule has 2 rings (SSSR count). The summed E-state index contributed by atoms with van der Waals surface area (Å²) in [5, 5.41) is 6.51. The van der Waals surface area contributed by atoms with Gasteiger partial charge in [-0.15, -0.1) is 0 Å². The molecule has 0 aromatic heterocycles. The van der Waals surface area contributed by atoms with Gasteiger partial charge in [0.25, 0.3) is 0 Å². The lowest BCUT2D eigenvalue weighted by Crippen LogP contribution is -2.47. The van der Waals surface area contributed by atoms with Gasteiger partial charge in [-0.1, -0.05) is 0 Å². The van der Waals surface area contributed by atoms with Crippen LogP contribution >= 0.6 is 0 Å². The van der Waals surface area contributed by atoms with Gasteiger partial charge in [0.05, 0.1) is 0 Å². The molecule has 0 aromatic carbocycles. The summed E-state index contributed by atoms with van der Waals surface area (Å²) in [4.78, 5) is 13.5. The van der Waals surface area contributed by atoms with Crippen molar-refractivity contribution in [3.63, 3.8) is 0 Å². The molecule has 0 aliphatic carbocycles. The molecule has 0 aromatic rings. The van der Waals surface area contributed by atoms with E-state index in [0.717, 1.165) is 32.1 Å². The molecule has 2 heterocycles. The minimum atomic E-state index is 0.102. The monoisotopic (exact) mass is 225 g/mol. The van der Waals surface area contributed by atoms with Crippen LogP contribution in [-0.4, -0.2) is 48.6 Å². The van der Waals surface area contributed by atoms with Crippen LogP contribution in [0, 0.1) is 0 Å². The van der Waals surface area contributed by atoms with E-state index < -0.39 is 0 Å². The average molecular weight is 225 g/mol. The first-order valence-corrected chi connectivity index (χ1v) is 6.39. The number of likely N-dealkylation sites (tertiary alicyclic amines) is 1. The summed E-state index contributed by atoms with van der Waals surface area (Å²) in [6.07, 6.45) is 3.60. The number of carbonyl (C=O) groups excluding carboxylic acids is 1. The van der Waals surface area contributed by atoms with E-state index in [4.69, 9.17) is 0 Å². The molecule has 2 N–H and O–H groups in total. The summed E-state index contributed by atoms with van der Waals surface area (Å²) < 4.78 is 0. The van der Waals surface area contributed by atoms with Crippen LogP contribution in [0.4, 0.5) is 0 Å². The lowest BCUT2D eigenvalue weighted by atomic mass is 9.99. The van der Waals surface area contributed by atoms with Gasteiger partial charge < -0.3 is 10.6 Å². The van der Waals surface area contributed by atoms with Crippen LogP contribution in [-0.2, 0) is 4.79 Å². The highest BCUT2D eigenvalue weighted by molar-refractivity contribution is 5.73. The summed E-state index contributed by atoms with van der Waals surface area (Å²) in [6, 6.07) is 1.73. The lowest BCUT2D eigenvalue weighted by Gasteiger charge is -2.34. The average Bonchev–Trinajstić information content (AvgIpc) is 2.65. The van der Waals surface area contributed by atoms with Crippen molar-refractivity contribution >= 4 is 5.91 Å². The largest absolute Gasteiger partial charge is 0.352 e. The van der Waals surface area contributed by atoms with E-state index in [1.54, 1.807) is 6.92 Å². The van der Waals surface area contributed by atoms with Crippen molar-refractivity contribution in [1.82, 2.24) is 15.5 Å². The maximum absolute atomic E-state index is 11.0. The fourth-order valence-electron chi connectivity index (χ4n) is 2.96. The standard InChI is InChI=1S/C12H23N3O/c1-9-7-12(3-5-13-9)15-6-4-11(8-15)14-10(2)16/h9,11-13H,3-8H2,1-2H3,(H,14,16). The first-order valence-electron chi connectivity index (χ1n) is 6.39. The first kappa shape index (κ1) is 11.9. The van der Waals surface area contributed by atoms with Crippen molar-refractivity contribution in [3.05, 3.63) is 0 Å². The quantitative estimate of drug-likeness (QED) is 0.712. The molecule has 0 saturated carbocycles. The Labute approximate surface area is 97.8 Å². The highest BCUT2D eigenvalue weighted by Crippen LogP contribution is 2.20. The number of rotatable bonds is 2. The molecule has 2 saturated heterocycles. The second-order valence-corrected chi connectivity index (χ2v) is 5.21. The van der Waals surface area contributed by atoms with E-state index in [0.29, 0.717) is 12.1 Å². The minimum absolute atomic E-state index is 0.102. The molecular formula is C12H23N3O. The van der Waals surface area contributed by atoms with Crippen molar-refractivity contribution in [2.75, 3.05) is 19.6 Å². The molecule has 92 valence electrons. The topological polar surface area (TPSA) is 44.4 Å². The van der Waals surface area contributed by atoms with E-state index in [2.05, 4.69) is 22.5 Å². The number of nitrogens with one attached hydrogen (secondary N) is 2. The number of piperidine rings is 1. The molecule has 3 unspecified atom stereocenters. The van der Waals surface area contributed by atoms with Crippen molar-refractivity contribution in [2.24, 2.45) is 0 Å². The minimum Gasteiger partial charge on any atom is -0.352 e. The number of carbonyl (C=O) groups is 1. The fourth-order valence-corrected chi connectivity index (χ4v) is 2.96. The Morgan fingerprint density at radius 2 is 2.25 bits per heavy atom. The van der Waals surface area contributed by atoms with E-state index in [1.807, 2.05) is 0 Å². The van der Waals surface area contributed by atoms with Gasteiger partial charge in [-0.3, -0.25) is 9.69 Å². The third kappa shape index (κ3) is 2.95. The van der Waals surface area contributed by atoms with Crippen LogP contribution in [0.1, 0.15) is 33.1 Å². The second-order valence-electron chi connectivity index (χ2n) is 5.21. The highest BCUT2D eigenvalue weighted by Gasteiger charge is 2.30. The number of hydrogen-bond acceptors (Lipinski definition) is 3. The predicted octanol–water partition coefficient (Wildman–Crippen LogP) is 0.337. The van der Waals surface area contributed by atoms with E-state index in [9.17, 15) is 4.79 Å². The van der Waals surface area contributed by atoms with Gasteiger partial charge >= 0.3 is 0 Å². The Morgan fingerprint density at radius 3 is 2.94 bits per heavy atom. The van der Waals surface area contributed by atoms with Crippen LogP contribution in [0.2, 0.25) is 0 Å². The highest BCUT2D eigenvalue weighted by atomic mass is 16.1. The fraction of sp³-hybridized carbons (Fsp3) is 0.917. The normalized spacial score (nSPS) is 36.2. The van der Waals surface area contributed by atoms with E-state index in [-0.39, 0.29) is 5.91 Å². The maximum Gasteiger partial charge on any atom is 0.217 e. The Balaban J connectivity index is 1.81. The van der Waals surface area contributed by atoms with Gasteiger partial charge in [0.15, 0.2) is 0 Å². The molecule has 2 aliphatic heterocycles. The lowest BCUT2D eigenvalue weighted by molar-refractivity contribution is -0.119. The SMILES string of the molecule is CC(=O)NC1CCN(C2CCNC(C)C2)C1. The summed E-state index contributed by atoms with van der Waals surface area (Å²) in [6.45, 7) is 7.18. The van der Waals surface area contributed by atoms with Gasteiger partial charge in [0.1, 0.15) is 0 Å². The van der Waals surface area contributed by atoms with Crippen LogP contribution in [0.3, 0.4) is 0 Å². The van der Waals surface area contributed by atoms with Crippen molar-refractivity contribution in [1.29, 1.82) is 0 Å². The zero-order chi connectivity index (χ0) is 11.5. The molecule has 1 amide bonds. The van der Waals surface area contributed by atoms with Crippen molar-refractivity contribution in [3.8, 4) is 0 Å². The van der Waals surface area contributed by atoms with Crippen LogP contribution in [0.25, 0.3) is 0 Å². The summed E-state index contributed by atoms with van der Waals surface area (Å²) in [5.41, 5.74) is 0. The molecule has 0 bridgehead atoms. The number of nitrogens with zero attached hydrogens (tertiary/aromatic N) is 1. The Kier molecular flexibility index (Phi) is 3.82.